The molecule has 1 N–H and O–H groups in total. The third kappa shape index (κ3) is 3.95. The van der Waals surface area contributed by atoms with Crippen LogP contribution in [0.2, 0.25) is 0 Å². The largest absolute Gasteiger partial charge is 0.465 e. The van der Waals surface area contributed by atoms with Crippen LogP contribution in [0.25, 0.3) is 21.9 Å². The van der Waals surface area contributed by atoms with Crippen LogP contribution in [0.15, 0.2) is 58.2 Å². The lowest BCUT2D eigenvalue weighted by Gasteiger charge is -2.26. The van der Waals surface area contributed by atoms with E-state index >= 15 is 0 Å². The Morgan fingerprint density at radius 2 is 1.73 bits per heavy atom. The quantitative estimate of drug-likeness (QED) is 0.666. The molecule has 30 heavy (non-hydrogen) atoms. The molecule has 7 nitrogen and oxygen atoms in total. The van der Waals surface area contributed by atoms with E-state index in [1.165, 1.54) is 29.8 Å². The standard InChI is InChI=1S/C22H24N2O5S/c1-14(2)13-24-20(23(3)22(26)27)19(15-8-6-5-7-9-15)18-12-16(30(4,28)29)10-11-17(18)21(24)25/h5-12,14H,13H2,1-4H3,(H,26,27). The van der Waals surface area contributed by atoms with Crippen LogP contribution in [0.5, 0.6) is 0 Å². The summed E-state index contributed by atoms with van der Waals surface area (Å²) in [5.41, 5.74) is 0.830. The molecule has 0 bridgehead atoms. The van der Waals surface area contributed by atoms with E-state index in [0.29, 0.717) is 28.4 Å². The monoisotopic (exact) mass is 428 g/mol. The number of amides is 1. The number of rotatable bonds is 5. The van der Waals surface area contributed by atoms with Crippen LogP contribution in [0.4, 0.5) is 10.6 Å². The van der Waals surface area contributed by atoms with Gasteiger partial charge in [-0.15, -0.1) is 0 Å². The second-order valence-corrected chi connectivity index (χ2v) is 9.71. The fourth-order valence-corrected chi connectivity index (χ4v) is 4.15. The molecule has 158 valence electrons. The van der Waals surface area contributed by atoms with Gasteiger partial charge in [0.05, 0.1) is 4.90 Å². The van der Waals surface area contributed by atoms with Crippen molar-refractivity contribution in [3.05, 3.63) is 58.9 Å². The molecule has 0 unspecified atom stereocenters. The summed E-state index contributed by atoms with van der Waals surface area (Å²) in [7, 11) is -2.14. The van der Waals surface area contributed by atoms with E-state index in [2.05, 4.69) is 0 Å². The number of hydrogen-bond donors (Lipinski definition) is 1. The van der Waals surface area contributed by atoms with Gasteiger partial charge >= 0.3 is 6.09 Å². The van der Waals surface area contributed by atoms with Crippen LogP contribution in [-0.2, 0) is 16.4 Å². The molecule has 0 spiro atoms. The van der Waals surface area contributed by atoms with E-state index in [1.807, 2.05) is 44.2 Å². The first-order chi connectivity index (χ1) is 14.0. The second-order valence-electron chi connectivity index (χ2n) is 7.70. The zero-order chi connectivity index (χ0) is 22.2. The number of nitrogens with zero attached hydrogens (tertiary/aromatic N) is 2. The summed E-state index contributed by atoms with van der Waals surface area (Å²) in [5.74, 6) is 0.297. The van der Waals surface area contributed by atoms with E-state index < -0.39 is 15.9 Å². The van der Waals surface area contributed by atoms with Crippen molar-refractivity contribution in [2.45, 2.75) is 25.3 Å². The normalized spacial score (nSPS) is 11.8. The third-order valence-corrected chi connectivity index (χ3v) is 5.97. The molecule has 0 aliphatic carbocycles. The molecule has 0 radical (unpaired) electrons. The first kappa shape index (κ1) is 21.6. The molecule has 1 amide bonds. The number of fused-ring (bicyclic) bond motifs is 1. The summed E-state index contributed by atoms with van der Waals surface area (Å²) in [6, 6.07) is 13.4. The minimum Gasteiger partial charge on any atom is -0.465 e. The Labute approximate surface area is 175 Å². The Morgan fingerprint density at radius 1 is 1.10 bits per heavy atom. The van der Waals surface area contributed by atoms with Crippen LogP contribution in [0.3, 0.4) is 0 Å². The Bertz CT molecular complexity index is 1280. The third-order valence-electron chi connectivity index (χ3n) is 4.86. The highest BCUT2D eigenvalue weighted by Crippen LogP contribution is 2.37. The van der Waals surface area contributed by atoms with Crippen molar-refractivity contribution in [2.75, 3.05) is 18.2 Å². The zero-order valence-electron chi connectivity index (χ0n) is 17.3. The van der Waals surface area contributed by atoms with E-state index in [-0.39, 0.29) is 22.2 Å². The second kappa shape index (κ2) is 7.95. The number of benzene rings is 2. The molecule has 0 aliphatic heterocycles. The van der Waals surface area contributed by atoms with E-state index in [9.17, 15) is 23.1 Å². The minimum atomic E-state index is -3.52. The molecule has 1 aromatic heterocycles. The summed E-state index contributed by atoms with van der Waals surface area (Å²) < 4.78 is 25.8. The van der Waals surface area contributed by atoms with Crippen LogP contribution in [-0.4, -0.2) is 37.5 Å². The Morgan fingerprint density at radius 3 is 2.27 bits per heavy atom. The Kier molecular flexibility index (Phi) is 5.72. The van der Waals surface area contributed by atoms with Gasteiger partial charge in [0.2, 0.25) is 0 Å². The minimum absolute atomic E-state index is 0.0668. The number of pyridine rings is 1. The predicted octanol–water partition coefficient (Wildman–Crippen LogP) is 3.84. The first-order valence-corrected chi connectivity index (χ1v) is 11.3. The number of anilines is 1. The molecule has 0 fully saturated rings. The summed E-state index contributed by atoms with van der Waals surface area (Å²) in [4.78, 5) is 26.3. The predicted molar refractivity (Wildman–Crippen MR) is 118 cm³/mol. The lowest BCUT2D eigenvalue weighted by molar-refractivity contribution is 0.203. The lowest BCUT2D eigenvalue weighted by Crippen LogP contribution is -2.34. The van der Waals surface area contributed by atoms with Crippen LogP contribution >= 0.6 is 0 Å². The summed E-state index contributed by atoms with van der Waals surface area (Å²) in [5, 5.41) is 10.5. The summed E-state index contributed by atoms with van der Waals surface area (Å²) in [6.07, 6.45) is -0.122. The molecule has 0 saturated heterocycles. The van der Waals surface area contributed by atoms with Crippen molar-refractivity contribution >= 4 is 32.5 Å². The highest BCUT2D eigenvalue weighted by molar-refractivity contribution is 7.90. The molecule has 0 aliphatic rings. The number of carbonyl (C=O) groups is 1. The topological polar surface area (TPSA) is 96.7 Å². The fraction of sp³-hybridized carbons (Fsp3) is 0.273. The maximum Gasteiger partial charge on any atom is 0.412 e. The fourth-order valence-electron chi connectivity index (χ4n) is 3.51. The average molecular weight is 429 g/mol. The maximum absolute atomic E-state index is 13.4. The Balaban J connectivity index is 2.60. The smallest absolute Gasteiger partial charge is 0.412 e. The van der Waals surface area contributed by atoms with Gasteiger partial charge in [-0.05, 0) is 35.1 Å². The van der Waals surface area contributed by atoms with Gasteiger partial charge < -0.3 is 5.11 Å². The maximum atomic E-state index is 13.4. The van der Waals surface area contributed by atoms with Crippen LogP contribution in [0, 0.1) is 5.92 Å². The molecular formula is C22H24N2O5S. The molecule has 3 rings (SSSR count). The van der Waals surface area contributed by atoms with Crippen molar-refractivity contribution < 1.29 is 18.3 Å². The highest BCUT2D eigenvalue weighted by atomic mass is 32.2. The van der Waals surface area contributed by atoms with Gasteiger partial charge in [-0.1, -0.05) is 44.2 Å². The van der Waals surface area contributed by atoms with Crippen LogP contribution in [0.1, 0.15) is 13.8 Å². The van der Waals surface area contributed by atoms with Gasteiger partial charge in [0, 0.05) is 30.8 Å². The van der Waals surface area contributed by atoms with Gasteiger partial charge in [0.1, 0.15) is 5.82 Å². The lowest BCUT2D eigenvalue weighted by atomic mass is 9.98. The van der Waals surface area contributed by atoms with Gasteiger partial charge in [-0.3, -0.25) is 14.3 Å². The van der Waals surface area contributed by atoms with E-state index in [4.69, 9.17) is 0 Å². The van der Waals surface area contributed by atoms with Crippen molar-refractivity contribution in [3.63, 3.8) is 0 Å². The van der Waals surface area contributed by atoms with Crippen molar-refractivity contribution in [3.8, 4) is 11.1 Å². The summed E-state index contributed by atoms with van der Waals surface area (Å²) in [6.45, 7) is 4.20. The van der Waals surface area contributed by atoms with Crippen LogP contribution < -0.4 is 10.5 Å². The number of hydrogen-bond acceptors (Lipinski definition) is 4. The van der Waals surface area contributed by atoms with Gasteiger partial charge in [-0.2, -0.15) is 0 Å². The Hall–Kier alpha value is -3.13. The van der Waals surface area contributed by atoms with Gasteiger partial charge in [-0.25, -0.2) is 13.2 Å². The molecule has 3 aromatic rings. The number of sulfone groups is 1. The van der Waals surface area contributed by atoms with Crippen molar-refractivity contribution in [1.29, 1.82) is 0 Å². The van der Waals surface area contributed by atoms with Gasteiger partial charge in [0.25, 0.3) is 5.56 Å². The van der Waals surface area contributed by atoms with E-state index in [0.717, 1.165) is 11.2 Å². The van der Waals surface area contributed by atoms with Crippen molar-refractivity contribution in [2.24, 2.45) is 5.92 Å². The SMILES string of the molecule is CC(C)Cn1c(N(C)C(=O)O)c(-c2ccccc2)c2cc(S(C)(=O)=O)ccc2c1=O. The molecule has 8 heteroatoms. The van der Waals surface area contributed by atoms with Crippen molar-refractivity contribution in [1.82, 2.24) is 4.57 Å². The highest BCUT2D eigenvalue weighted by Gasteiger charge is 2.25. The molecule has 2 aromatic carbocycles. The molecular weight excluding hydrogens is 404 g/mol. The molecule has 0 saturated carbocycles. The number of carboxylic acid groups (broad SMARTS) is 1. The molecule has 1 heterocycles. The number of aromatic nitrogens is 1. The van der Waals surface area contributed by atoms with Gasteiger partial charge in [0.15, 0.2) is 9.84 Å². The zero-order valence-corrected chi connectivity index (χ0v) is 18.1. The van der Waals surface area contributed by atoms with E-state index in [1.54, 1.807) is 0 Å². The summed E-state index contributed by atoms with van der Waals surface area (Å²) >= 11 is 0. The average Bonchev–Trinajstić information content (AvgIpc) is 2.68. The molecule has 0 atom stereocenters. The first-order valence-electron chi connectivity index (χ1n) is 9.45.